The molecule has 0 bridgehead atoms. The Morgan fingerprint density at radius 2 is 1.70 bits per heavy atom. The molecule has 20 heavy (non-hydrogen) atoms. The molecule has 0 aromatic heterocycles. The Kier molecular flexibility index (Phi) is 9.16. The summed E-state index contributed by atoms with van der Waals surface area (Å²) >= 11 is 0. The van der Waals surface area contributed by atoms with Crippen LogP contribution in [-0.2, 0) is 14.3 Å². The molecule has 5 N–H and O–H groups in total. The average Bonchev–Trinajstić information content (AvgIpc) is 2.33. The predicted molar refractivity (Wildman–Crippen MR) is 79.0 cm³/mol. The number of amides is 1. The lowest BCUT2D eigenvalue weighted by molar-refractivity contribution is -0.158. The van der Waals surface area contributed by atoms with Gasteiger partial charge in [-0.1, -0.05) is 0 Å². The molecule has 0 aliphatic carbocycles. The lowest BCUT2D eigenvalue weighted by atomic mass is 10.1. The van der Waals surface area contributed by atoms with Gasteiger partial charge >= 0.3 is 5.97 Å². The highest BCUT2D eigenvalue weighted by atomic mass is 16.6. The minimum Gasteiger partial charge on any atom is -0.458 e. The third-order valence-corrected chi connectivity index (χ3v) is 2.58. The van der Waals surface area contributed by atoms with Crippen LogP contribution in [0.1, 0.15) is 52.9 Å². The topological polar surface area (TPSA) is 107 Å². The van der Waals surface area contributed by atoms with Gasteiger partial charge in [-0.25, -0.2) is 4.79 Å². The van der Waals surface area contributed by atoms with Crippen LogP contribution in [0.2, 0.25) is 0 Å². The molecule has 0 heterocycles. The first-order chi connectivity index (χ1) is 9.30. The zero-order valence-corrected chi connectivity index (χ0v) is 12.9. The highest BCUT2D eigenvalue weighted by molar-refractivity contribution is 5.84. The van der Waals surface area contributed by atoms with Crippen molar-refractivity contribution in [3.8, 4) is 0 Å². The zero-order chi connectivity index (χ0) is 15.6. The first-order valence-corrected chi connectivity index (χ1v) is 7.22. The smallest absolute Gasteiger partial charge is 0.329 e. The van der Waals surface area contributed by atoms with E-state index in [4.69, 9.17) is 16.2 Å². The minimum absolute atomic E-state index is 0.168. The third-order valence-electron chi connectivity index (χ3n) is 2.58. The molecule has 0 aliphatic heterocycles. The van der Waals surface area contributed by atoms with Crippen molar-refractivity contribution in [2.45, 2.75) is 64.5 Å². The van der Waals surface area contributed by atoms with Crippen LogP contribution in [0.5, 0.6) is 0 Å². The molecule has 0 spiro atoms. The van der Waals surface area contributed by atoms with E-state index in [-0.39, 0.29) is 5.91 Å². The predicted octanol–water partition coefficient (Wildman–Crippen LogP) is 0.681. The summed E-state index contributed by atoms with van der Waals surface area (Å²) in [5, 5.41) is 2.72. The average molecular weight is 287 g/mol. The summed E-state index contributed by atoms with van der Waals surface area (Å²) in [6.45, 7) is 6.44. The molecule has 6 nitrogen and oxygen atoms in total. The second-order valence-electron chi connectivity index (χ2n) is 5.83. The molecule has 0 saturated heterocycles. The van der Waals surface area contributed by atoms with Gasteiger partial charge in [0.25, 0.3) is 0 Å². The van der Waals surface area contributed by atoms with E-state index >= 15 is 0 Å². The number of rotatable bonds is 9. The molecule has 0 unspecified atom stereocenters. The van der Waals surface area contributed by atoms with Crippen molar-refractivity contribution in [2.24, 2.45) is 11.5 Å². The van der Waals surface area contributed by atoms with E-state index in [9.17, 15) is 9.59 Å². The second-order valence-corrected chi connectivity index (χ2v) is 5.83. The fourth-order valence-electron chi connectivity index (χ4n) is 1.64. The van der Waals surface area contributed by atoms with E-state index in [1.165, 1.54) is 0 Å². The Labute approximate surface area is 121 Å². The molecule has 0 saturated carbocycles. The summed E-state index contributed by atoms with van der Waals surface area (Å²) in [5.74, 6) is -0.560. The van der Waals surface area contributed by atoms with Gasteiger partial charge in [0.05, 0.1) is 0 Å². The fourth-order valence-corrected chi connectivity index (χ4v) is 1.64. The van der Waals surface area contributed by atoms with Crippen molar-refractivity contribution in [2.75, 3.05) is 13.1 Å². The number of hydrogen-bond donors (Lipinski definition) is 3. The number of carbonyl (C=O) groups is 2. The molecule has 118 valence electrons. The van der Waals surface area contributed by atoms with Gasteiger partial charge in [0, 0.05) is 6.42 Å². The highest BCUT2D eigenvalue weighted by Gasteiger charge is 2.25. The van der Waals surface area contributed by atoms with Crippen LogP contribution < -0.4 is 16.8 Å². The number of nitrogens with two attached hydrogens (primary N) is 2. The minimum atomic E-state index is -0.606. The number of esters is 1. The van der Waals surface area contributed by atoms with Crippen LogP contribution in [0.25, 0.3) is 0 Å². The molecule has 6 heteroatoms. The van der Waals surface area contributed by atoms with Crippen LogP contribution >= 0.6 is 0 Å². The SMILES string of the molecule is CC(C)(C)OC(=O)[C@H](CCCCN)NC(=O)CCCN. The van der Waals surface area contributed by atoms with Crippen molar-refractivity contribution >= 4 is 11.9 Å². The highest BCUT2D eigenvalue weighted by Crippen LogP contribution is 2.11. The van der Waals surface area contributed by atoms with Crippen molar-refractivity contribution in [3.05, 3.63) is 0 Å². The molecule has 1 atom stereocenters. The molecule has 0 rings (SSSR count). The number of ether oxygens (including phenoxy) is 1. The van der Waals surface area contributed by atoms with Crippen LogP contribution in [0.4, 0.5) is 0 Å². The molecule has 0 fully saturated rings. The third kappa shape index (κ3) is 9.75. The van der Waals surface area contributed by atoms with E-state index in [1.54, 1.807) is 20.8 Å². The van der Waals surface area contributed by atoms with Crippen molar-refractivity contribution in [1.29, 1.82) is 0 Å². The quantitative estimate of drug-likeness (QED) is 0.427. The Morgan fingerprint density at radius 3 is 2.20 bits per heavy atom. The van der Waals surface area contributed by atoms with Crippen molar-refractivity contribution in [3.63, 3.8) is 0 Å². The number of nitrogens with one attached hydrogen (secondary N) is 1. The van der Waals surface area contributed by atoms with Crippen molar-refractivity contribution in [1.82, 2.24) is 5.32 Å². The van der Waals surface area contributed by atoms with Crippen LogP contribution in [0, 0.1) is 0 Å². The number of carbonyl (C=O) groups excluding carboxylic acids is 2. The van der Waals surface area contributed by atoms with E-state index in [0.29, 0.717) is 32.4 Å². The maximum Gasteiger partial charge on any atom is 0.329 e. The monoisotopic (exact) mass is 287 g/mol. The van der Waals surface area contributed by atoms with Crippen molar-refractivity contribution < 1.29 is 14.3 Å². The number of unbranched alkanes of at least 4 members (excludes halogenated alkanes) is 1. The summed E-state index contributed by atoms with van der Waals surface area (Å²) in [5.41, 5.74) is 10.2. The summed E-state index contributed by atoms with van der Waals surface area (Å²) in [7, 11) is 0. The first kappa shape index (κ1) is 18.9. The molecule has 1 amide bonds. The Morgan fingerprint density at radius 1 is 1.10 bits per heavy atom. The summed E-state index contributed by atoms with van der Waals surface area (Å²) < 4.78 is 5.33. The largest absolute Gasteiger partial charge is 0.458 e. The van der Waals surface area contributed by atoms with Gasteiger partial charge in [-0.15, -0.1) is 0 Å². The second kappa shape index (κ2) is 9.72. The lowest BCUT2D eigenvalue weighted by Crippen LogP contribution is -2.44. The van der Waals surface area contributed by atoms with Crippen LogP contribution in [0.3, 0.4) is 0 Å². The van der Waals surface area contributed by atoms with E-state index in [2.05, 4.69) is 5.32 Å². The molecular weight excluding hydrogens is 258 g/mol. The summed E-state index contributed by atoms with van der Waals surface area (Å²) in [6, 6.07) is -0.606. The maximum atomic E-state index is 12.1. The summed E-state index contributed by atoms with van der Waals surface area (Å²) in [4.78, 5) is 23.8. The van der Waals surface area contributed by atoms with Gasteiger partial charge in [-0.3, -0.25) is 4.79 Å². The molecule has 0 aromatic rings. The maximum absolute atomic E-state index is 12.1. The molecule has 0 aliphatic rings. The Bertz CT molecular complexity index is 301. The fraction of sp³-hybridized carbons (Fsp3) is 0.857. The van der Waals surface area contributed by atoms with E-state index < -0.39 is 17.6 Å². The van der Waals surface area contributed by atoms with Gasteiger partial charge in [-0.05, 0) is 59.5 Å². The molecule has 0 radical (unpaired) electrons. The molecular formula is C14H29N3O3. The van der Waals surface area contributed by atoms with E-state index in [1.807, 2.05) is 0 Å². The van der Waals surface area contributed by atoms with E-state index in [0.717, 1.165) is 12.8 Å². The van der Waals surface area contributed by atoms with Crippen LogP contribution in [-0.4, -0.2) is 36.6 Å². The lowest BCUT2D eigenvalue weighted by Gasteiger charge is -2.24. The van der Waals surface area contributed by atoms with Gasteiger partial charge in [0.1, 0.15) is 11.6 Å². The van der Waals surface area contributed by atoms with Gasteiger partial charge in [0.2, 0.25) is 5.91 Å². The standard InChI is InChI=1S/C14H29N3O3/c1-14(2,3)20-13(19)11(7-4-5-9-15)17-12(18)8-6-10-16/h11H,4-10,15-16H2,1-3H3,(H,17,18)/t11-/m0/s1. The Balaban J connectivity index is 4.46. The van der Waals surface area contributed by atoms with Gasteiger partial charge in [-0.2, -0.15) is 0 Å². The van der Waals surface area contributed by atoms with Gasteiger partial charge in [0.15, 0.2) is 0 Å². The normalized spacial score (nSPS) is 12.8. The van der Waals surface area contributed by atoms with Gasteiger partial charge < -0.3 is 21.5 Å². The first-order valence-electron chi connectivity index (χ1n) is 7.22. The zero-order valence-electron chi connectivity index (χ0n) is 12.9. The summed E-state index contributed by atoms with van der Waals surface area (Å²) in [6.07, 6.45) is 3.07. The Hall–Kier alpha value is -1.14. The van der Waals surface area contributed by atoms with Crippen LogP contribution in [0.15, 0.2) is 0 Å². The number of hydrogen-bond acceptors (Lipinski definition) is 5. The molecule has 0 aromatic carbocycles.